The summed E-state index contributed by atoms with van der Waals surface area (Å²) < 4.78 is 10.7. The number of hydrogen-bond donors (Lipinski definition) is 1. The van der Waals surface area contributed by atoms with Gasteiger partial charge in [-0.2, -0.15) is 0 Å². The Morgan fingerprint density at radius 3 is 2.85 bits per heavy atom. The Bertz CT molecular complexity index is 834. The largest absolute Gasteiger partial charge is 0.376 e. The molecule has 144 valence electrons. The zero-order valence-electron chi connectivity index (χ0n) is 14.7. The van der Waals surface area contributed by atoms with Crippen molar-refractivity contribution in [3.05, 3.63) is 40.0 Å². The number of likely N-dealkylation sites (N-methyl/N-ethyl adjacent to an activating group) is 1. The fourth-order valence-corrected chi connectivity index (χ4v) is 3.27. The number of rotatable bonds is 6. The fraction of sp³-hybridized carbons (Fsp3) is 0.389. The third-order valence-electron chi connectivity index (χ3n) is 4.20. The van der Waals surface area contributed by atoms with Crippen LogP contribution in [0.3, 0.4) is 0 Å². The summed E-state index contributed by atoms with van der Waals surface area (Å²) in [6.45, 7) is 1.09. The molecule has 1 saturated heterocycles. The van der Waals surface area contributed by atoms with Gasteiger partial charge in [0.05, 0.1) is 17.7 Å². The van der Waals surface area contributed by atoms with Gasteiger partial charge >= 0.3 is 0 Å². The first kappa shape index (κ1) is 19.7. The number of benzene rings is 1. The van der Waals surface area contributed by atoms with Crippen molar-refractivity contribution in [1.29, 1.82) is 0 Å². The number of aromatic nitrogens is 1. The molecular weight excluding hydrogens is 393 g/mol. The second kappa shape index (κ2) is 8.73. The molecule has 9 heteroatoms. The first-order chi connectivity index (χ1) is 12.9. The van der Waals surface area contributed by atoms with Gasteiger partial charge < -0.3 is 19.5 Å². The van der Waals surface area contributed by atoms with Crippen molar-refractivity contribution in [2.75, 3.05) is 26.7 Å². The molecule has 1 fully saturated rings. The molecule has 27 heavy (non-hydrogen) atoms. The number of carbonyl (C=O) groups is 2. The number of ether oxygens (including phenoxy) is 1. The highest BCUT2D eigenvalue weighted by atomic mass is 35.5. The highest BCUT2D eigenvalue weighted by molar-refractivity contribution is 6.36. The van der Waals surface area contributed by atoms with Crippen LogP contribution < -0.4 is 5.32 Å². The zero-order valence-corrected chi connectivity index (χ0v) is 16.2. The van der Waals surface area contributed by atoms with Gasteiger partial charge in [-0.15, -0.1) is 0 Å². The van der Waals surface area contributed by atoms with Crippen LogP contribution >= 0.6 is 23.2 Å². The number of carbonyl (C=O) groups excluding carboxylic acids is 2. The topological polar surface area (TPSA) is 84.7 Å². The van der Waals surface area contributed by atoms with E-state index >= 15 is 0 Å². The van der Waals surface area contributed by atoms with Crippen molar-refractivity contribution in [1.82, 2.24) is 15.4 Å². The van der Waals surface area contributed by atoms with Gasteiger partial charge in [-0.1, -0.05) is 28.4 Å². The smallest absolute Gasteiger partial charge is 0.276 e. The Balaban J connectivity index is 1.58. The van der Waals surface area contributed by atoms with Gasteiger partial charge in [-0.05, 0) is 31.0 Å². The van der Waals surface area contributed by atoms with Gasteiger partial charge in [0.15, 0.2) is 11.5 Å². The van der Waals surface area contributed by atoms with Crippen molar-refractivity contribution in [2.24, 2.45) is 0 Å². The standard InChI is InChI=1S/C18H19Cl2N3O4/c1-23(10-17(24)21-9-12-3-2-6-26-12)18(25)15-8-16(27-22-15)13-5-4-11(19)7-14(13)20/h4-5,7-8,12H,2-3,6,9-10H2,1H3,(H,21,24)/t12-/m1/s1. The SMILES string of the molecule is CN(CC(=O)NC[C@H]1CCCO1)C(=O)c1cc(-c2ccc(Cl)cc2Cl)on1. The van der Waals surface area contributed by atoms with Gasteiger partial charge in [0.2, 0.25) is 5.91 Å². The van der Waals surface area contributed by atoms with Crippen LogP contribution in [-0.2, 0) is 9.53 Å². The summed E-state index contributed by atoms with van der Waals surface area (Å²) in [4.78, 5) is 25.8. The summed E-state index contributed by atoms with van der Waals surface area (Å²) in [5, 5.41) is 7.44. The number of nitrogens with zero attached hydrogens (tertiary/aromatic N) is 2. The second-order valence-corrected chi connectivity index (χ2v) is 7.14. The zero-order chi connectivity index (χ0) is 19.4. The van der Waals surface area contributed by atoms with Crippen LogP contribution in [0, 0.1) is 0 Å². The number of amides is 2. The summed E-state index contributed by atoms with van der Waals surface area (Å²) >= 11 is 12.0. The Morgan fingerprint density at radius 2 is 2.15 bits per heavy atom. The predicted octanol–water partition coefficient (Wildman–Crippen LogP) is 3.02. The minimum absolute atomic E-state index is 0.0529. The van der Waals surface area contributed by atoms with Crippen molar-refractivity contribution in [2.45, 2.75) is 18.9 Å². The Hall–Kier alpha value is -2.09. The van der Waals surface area contributed by atoms with Crippen LogP contribution in [0.15, 0.2) is 28.8 Å². The van der Waals surface area contributed by atoms with Crippen LogP contribution in [0.4, 0.5) is 0 Å². The Morgan fingerprint density at radius 1 is 1.33 bits per heavy atom. The van der Waals surface area contributed by atoms with E-state index < -0.39 is 5.91 Å². The molecule has 7 nitrogen and oxygen atoms in total. The van der Waals surface area contributed by atoms with E-state index in [1.165, 1.54) is 18.0 Å². The third-order valence-corrected chi connectivity index (χ3v) is 4.75. The molecule has 3 rings (SSSR count). The maximum Gasteiger partial charge on any atom is 0.276 e. The monoisotopic (exact) mass is 411 g/mol. The van der Waals surface area contributed by atoms with Crippen molar-refractivity contribution in [3.63, 3.8) is 0 Å². The number of halogens is 2. The summed E-state index contributed by atoms with van der Waals surface area (Å²) in [5.74, 6) is -0.343. The summed E-state index contributed by atoms with van der Waals surface area (Å²) in [6.07, 6.45) is 1.99. The highest BCUT2D eigenvalue weighted by Crippen LogP contribution is 2.30. The van der Waals surface area contributed by atoms with E-state index in [-0.39, 0.29) is 24.2 Å². The molecule has 1 aromatic carbocycles. The molecule has 1 aromatic heterocycles. The molecule has 0 radical (unpaired) electrons. The third kappa shape index (κ3) is 5.00. The lowest BCUT2D eigenvalue weighted by molar-refractivity contribution is -0.122. The van der Waals surface area contributed by atoms with E-state index in [2.05, 4.69) is 10.5 Å². The first-order valence-corrected chi connectivity index (χ1v) is 9.25. The van der Waals surface area contributed by atoms with Gasteiger partial charge in [0.1, 0.15) is 0 Å². The molecule has 0 bridgehead atoms. The van der Waals surface area contributed by atoms with E-state index in [0.717, 1.165) is 19.4 Å². The Labute approximate surface area is 166 Å². The van der Waals surface area contributed by atoms with Crippen molar-refractivity contribution in [3.8, 4) is 11.3 Å². The van der Waals surface area contributed by atoms with Gasteiger partial charge in [-0.3, -0.25) is 9.59 Å². The molecule has 2 heterocycles. The lowest BCUT2D eigenvalue weighted by Gasteiger charge is -2.16. The molecule has 2 aromatic rings. The van der Waals surface area contributed by atoms with Crippen LogP contribution in [0.5, 0.6) is 0 Å². The van der Waals surface area contributed by atoms with Crippen molar-refractivity contribution >= 4 is 35.0 Å². The molecule has 1 atom stereocenters. The van der Waals surface area contributed by atoms with Crippen LogP contribution in [0.1, 0.15) is 23.3 Å². The summed E-state index contributed by atoms with van der Waals surface area (Å²) in [6, 6.07) is 6.41. The molecule has 0 aliphatic carbocycles. The van der Waals surface area contributed by atoms with Crippen LogP contribution in [0.2, 0.25) is 10.0 Å². The molecule has 1 aliphatic heterocycles. The van der Waals surface area contributed by atoms with Gasteiger partial charge in [-0.25, -0.2) is 0 Å². The minimum Gasteiger partial charge on any atom is -0.376 e. The van der Waals surface area contributed by atoms with Crippen LogP contribution in [-0.4, -0.2) is 54.7 Å². The molecule has 0 unspecified atom stereocenters. The number of nitrogens with one attached hydrogen (secondary N) is 1. The summed E-state index contributed by atoms with van der Waals surface area (Å²) in [5.41, 5.74) is 0.662. The van der Waals surface area contributed by atoms with Gasteiger partial charge in [0.25, 0.3) is 5.91 Å². The van der Waals surface area contributed by atoms with Crippen molar-refractivity contribution < 1.29 is 18.8 Å². The molecule has 2 amide bonds. The van der Waals surface area contributed by atoms with E-state index in [9.17, 15) is 9.59 Å². The number of hydrogen-bond acceptors (Lipinski definition) is 5. The van der Waals surface area contributed by atoms with E-state index in [1.807, 2.05) is 0 Å². The normalized spacial score (nSPS) is 16.3. The lowest BCUT2D eigenvalue weighted by Crippen LogP contribution is -2.41. The second-order valence-electron chi connectivity index (χ2n) is 6.30. The van der Waals surface area contributed by atoms with E-state index in [0.29, 0.717) is 27.9 Å². The minimum atomic E-state index is -0.428. The van der Waals surface area contributed by atoms with Crippen LogP contribution in [0.25, 0.3) is 11.3 Å². The van der Waals surface area contributed by atoms with E-state index in [1.54, 1.807) is 18.2 Å². The Kier molecular flexibility index (Phi) is 6.36. The lowest BCUT2D eigenvalue weighted by atomic mass is 10.1. The molecule has 1 aliphatic rings. The maximum absolute atomic E-state index is 12.5. The predicted molar refractivity (Wildman–Crippen MR) is 101 cm³/mol. The summed E-state index contributed by atoms with van der Waals surface area (Å²) in [7, 11) is 1.53. The molecular formula is C18H19Cl2N3O4. The molecule has 0 saturated carbocycles. The first-order valence-electron chi connectivity index (χ1n) is 8.50. The fourth-order valence-electron chi connectivity index (χ4n) is 2.76. The quantitative estimate of drug-likeness (QED) is 0.789. The van der Waals surface area contributed by atoms with E-state index in [4.69, 9.17) is 32.5 Å². The molecule has 1 N–H and O–H groups in total. The maximum atomic E-state index is 12.5. The average molecular weight is 412 g/mol. The average Bonchev–Trinajstić information content (AvgIpc) is 3.31. The molecule has 0 spiro atoms. The van der Waals surface area contributed by atoms with Gasteiger partial charge in [0, 0.05) is 36.9 Å². The highest BCUT2D eigenvalue weighted by Gasteiger charge is 2.21.